The number of likely N-dealkylation sites (tertiary alicyclic amines) is 1. The van der Waals surface area contributed by atoms with Crippen molar-refractivity contribution in [1.29, 1.82) is 0 Å². The van der Waals surface area contributed by atoms with Gasteiger partial charge in [0.2, 0.25) is 0 Å². The zero-order chi connectivity index (χ0) is 20.3. The Bertz CT molecular complexity index is 953. The van der Waals surface area contributed by atoms with Crippen LogP contribution in [0.3, 0.4) is 0 Å². The number of esters is 1. The van der Waals surface area contributed by atoms with Gasteiger partial charge in [-0.05, 0) is 38.2 Å². The Morgan fingerprint density at radius 3 is 2.89 bits per heavy atom. The van der Waals surface area contributed by atoms with Crippen molar-refractivity contribution in [3.05, 3.63) is 52.7 Å². The number of aliphatic hydroxyl groups excluding tert-OH is 1. The van der Waals surface area contributed by atoms with Crippen LogP contribution < -0.4 is 0 Å². The fraction of sp³-hybridized carbons (Fsp3) is 0.333. The number of halogens is 1. The van der Waals surface area contributed by atoms with E-state index in [2.05, 4.69) is 16.8 Å². The topological polar surface area (TPSA) is 82.9 Å². The minimum atomic E-state index is -1.46. The van der Waals surface area contributed by atoms with Gasteiger partial charge in [-0.3, -0.25) is 4.90 Å². The molecule has 0 spiro atoms. The van der Waals surface area contributed by atoms with Gasteiger partial charge in [0.05, 0.1) is 12.3 Å². The Morgan fingerprint density at radius 1 is 1.43 bits per heavy atom. The van der Waals surface area contributed by atoms with Crippen LogP contribution in [0.25, 0.3) is 11.3 Å². The van der Waals surface area contributed by atoms with Crippen LogP contribution in [0.2, 0.25) is 5.02 Å². The zero-order valence-corrected chi connectivity index (χ0v) is 16.4. The molecule has 1 saturated heterocycles. The largest absolute Gasteiger partial charge is 0.461 e. The number of carbonyl (C=O) groups is 1. The lowest BCUT2D eigenvalue weighted by Crippen LogP contribution is -2.42. The summed E-state index contributed by atoms with van der Waals surface area (Å²) in [5.41, 5.74) is 0.546. The third-order valence-electron chi connectivity index (χ3n) is 4.55. The lowest BCUT2D eigenvalue weighted by atomic mass is 10.0. The first-order valence-corrected chi connectivity index (χ1v) is 9.29. The second-order valence-electron chi connectivity index (χ2n) is 6.64. The van der Waals surface area contributed by atoms with Gasteiger partial charge in [0.25, 0.3) is 0 Å². The Labute approximate surface area is 168 Å². The highest BCUT2D eigenvalue weighted by atomic mass is 35.5. The maximum atomic E-state index is 12.0. The van der Waals surface area contributed by atoms with Crippen LogP contribution in [-0.4, -0.2) is 58.1 Å². The number of rotatable bonds is 3. The van der Waals surface area contributed by atoms with Gasteiger partial charge in [-0.25, -0.2) is 9.78 Å². The highest BCUT2D eigenvalue weighted by Crippen LogP contribution is 2.26. The zero-order valence-electron chi connectivity index (χ0n) is 15.6. The van der Waals surface area contributed by atoms with Gasteiger partial charge < -0.3 is 14.9 Å². The van der Waals surface area contributed by atoms with Crippen molar-refractivity contribution < 1.29 is 19.7 Å². The van der Waals surface area contributed by atoms with Gasteiger partial charge in [-0.2, -0.15) is 0 Å². The van der Waals surface area contributed by atoms with Gasteiger partial charge in [0, 0.05) is 29.1 Å². The highest BCUT2D eigenvalue weighted by molar-refractivity contribution is 6.31. The molecule has 1 aromatic carbocycles. The van der Waals surface area contributed by atoms with Gasteiger partial charge in [0.15, 0.2) is 11.3 Å². The van der Waals surface area contributed by atoms with E-state index in [-0.39, 0.29) is 12.3 Å². The fourth-order valence-corrected chi connectivity index (χ4v) is 3.19. The van der Waals surface area contributed by atoms with Crippen LogP contribution >= 0.6 is 11.6 Å². The maximum absolute atomic E-state index is 12.0. The van der Waals surface area contributed by atoms with Crippen molar-refractivity contribution in [3.63, 3.8) is 0 Å². The quantitative estimate of drug-likeness (QED) is 0.607. The number of likely N-dealkylation sites (N-methyl/N-ethyl adjacent to an activating group) is 1. The monoisotopic (exact) mass is 400 g/mol. The first kappa shape index (κ1) is 20.3. The predicted octanol–water partition coefficient (Wildman–Crippen LogP) is 2.32. The summed E-state index contributed by atoms with van der Waals surface area (Å²) in [4.78, 5) is 18.0. The Hall–Kier alpha value is -2.43. The van der Waals surface area contributed by atoms with Crippen molar-refractivity contribution in [2.24, 2.45) is 0 Å². The molecule has 0 amide bonds. The van der Waals surface area contributed by atoms with Gasteiger partial charge in [-0.15, -0.1) is 0 Å². The molecule has 1 aromatic heterocycles. The van der Waals surface area contributed by atoms with Crippen LogP contribution in [-0.2, 0) is 4.74 Å². The summed E-state index contributed by atoms with van der Waals surface area (Å²) in [7, 11) is 1.73. The Balaban J connectivity index is 1.91. The van der Waals surface area contributed by atoms with E-state index in [0.29, 0.717) is 29.2 Å². The molecule has 2 heterocycles. The molecule has 0 radical (unpaired) electrons. The van der Waals surface area contributed by atoms with E-state index in [1.54, 1.807) is 43.1 Å². The summed E-state index contributed by atoms with van der Waals surface area (Å²) in [6.07, 6.45) is -0.652. The number of hydrogen-bond donors (Lipinski definition) is 2. The minimum absolute atomic E-state index is 0.132. The number of aliphatic hydroxyl groups is 2. The number of benzene rings is 1. The number of pyridine rings is 1. The average molecular weight is 401 g/mol. The minimum Gasteiger partial charge on any atom is -0.461 e. The molecule has 0 aliphatic carbocycles. The average Bonchev–Trinajstić information content (AvgIpc) is 2.94. The van der Waals surface area contributed by atoms with Crippen molar-refractivity contribution in [2.75, 3.05) is 20.2 Å². The van der Waals surface area contributed by atoms with E-state index < -0.39 is 17.8 Å². The first-order chi connectivity index (χ1) is 13.3. The normalized spacial score (nSPS) is 21.8. The summed E-state index contributed by atoms with van der Waals surface area (Å²) in [6, 6.07) is 10.3. The number of nitrogens with zero attached hydrogens (tertiary/aromatic N) is 2. The van der Waals surface area contributed by atoms with Crippen LogP contribution in [0.5, 0.6) is 0 Å². The number of aromatic nitrogens is 1. The molecule has 1 fully saturated rings. The van der Waals surface area contributed by atoms with Gasteiger partial charge in [0.1, 0.15) is 6.23 Å². The first-order valence-electron chi connectivity index (χ1n) is 8.91. The molecule has 1 aliphatic rings. The van der Waals surface area contributed by atoms with Gasteiger partial charge in [-0.1, -0.05) is 35.6 Å². The summed E-state index contributed by atoms with van der Waals surface area (Å²) >= 11 is 6.14. The highest BCUT2D eigenvalue weighted by Gasteiger charge is 2.42. The molecule has 28 heavy (non-hydrogen) atoms. The predicted molar refractivity (Wildman–Crippen MR) is 106 cm³/mol. The summed E-state index contributed by atoms with van der Waals surface area (Å²) in [5, 5.41) is 21.0. The van der Waals surface area contributed by atoms with Gasteiger partial charge >= 0.3 is 5.97 Å². The van der Waals surface area contributed by atoms with Crippen LogP contribution in [0.15, 0.2) is 36.4 Å². The number of hydrogen-bond acceptors (Lipinski definition) is 6. The lowest BCUT2D eigenvalue weighted by Gasteiger charge is -2.22. The molecule has 7 heteroatoms. The van der Waals surface area contributed by atoms with Crippen molar-refractivity contribution in [1.82, 2.24) is 9.88 Å². The number of carbonyl (C=O) groups excluding carboxylic acids is 1. The molecule has 0 bridgehead atoms. The third-order valence-corrected chi connectivity index (χ3v) is 4.76. The van der Waals surface area contributed by atoms with Crippen LogP contribution in [0.4, 0.5) is 0 Å². The molecule has 2 aromatic rings. The summed E-state index contributed by atoms with van der Waals surface area (Å²) in [5.74, 6) is 5.17. The van der Waals surface area contributed by atoms with Crippen molar-refractivity contribution >= 4 is 17.6 Å². The Morgan fingerprint density at radius 2 is 2.21 bits per heavy atom. The van der Waals surface area contributed by atoms with Crippen LogP contribution in [0.1, 0.15) is 29.4 Å². The number of ether oxygens (including phenoxy) is 1. The van der Waals surface area contributed by atoms with E-state index in [1.165, 1.54) is 6.07 Å². The molecule has 2 N–H and O–H groups in total. The molecule has 3 rings (SSSR count). The van der Waals surface area contributed by atoms with Crippen LogP contribution in [0, 0.1) is 11.8 Å². The van der Waals surface area contributed by atoms with E-state index >= 15 is 0 Å². The Kier molecular flexibility index (Phi) is 6.01. The molecule has 6 nitrogen and oxygen atoms in total. The van der Waals surface area contributed by atoms with E-state index in [0.717, 1.165) is 5.56 Å². The van der Waals surface area contributed by atoms with E-state index in [4.69, 9.17) is 16.3 Å². The smallest absolute Gasteiger partial charge is 0.356 e. The summed E-state index contributed by atoms with van der Waals surface area (Å²) < 4.78 is 4.99. The fourth-order valence-electron chi connectivity index (χ4n) is 2.98. The standard InChI is InChI=1S/C21H21ClN2O4/c1-3-28-19(25)18-13-16(22)12-17(23-18)15-6-4-5-14(11-15)7-8-21(27)9-10-24(2)20(21)26/h4-6,11-13,20,26-27H,3,9-10H2,1-2H3/t20?,21-/m0/s1. The molecule has 1 unspecified atom stereocenters. The molecule has 1 aliphatic heterocycles. The molecule has 2 atom stereocenters. The van der Waals surface area contributed by atoms with Crippen molar-refractivity contribution in [3.8, 4) is 23.1 Å². The second kappa shape index (κ2) is 8.29. The molecular formula is C21H21ClN2O4. The lowest BCUT2D eigenvalue weighted by molar-refractivity contribution is -0.0633. The second-order valence-corrected chi connectivity index (χ2v) is 7.07. The molecule has 146 valence electrons. The molecular weight excluding hydrogens is 380 g/mol. The van der Waals surface area contributed by atoms with E-state index in [1.807, 2.05) is 6.07 Å². The third kappa shape index (κ3) is 4.34. The maximum Gasteiger partial charge on any atom is 0.356 e. The molecule has 0 saturated carbocycles. The SMILES string of the molecule is CCOC(=O)c1cc(Cl)cc(-c2cccc(C#C[C@]3(O)CCN(C)C3O)c2)n1. The van der Waals surface area contributed by atoms with Crippen molar-refractivity contribution in [2.45, 2.75) is 25.2 Å². The summed E-state index contributed by atoms with van der Waals surface area (Å²) in [6.45, 7) is 2.53. The van der Waals surface area contributed by atoms with E-state index in [9.17, 15) is 15.0 Å².